The number of hydrogen-bond acceptors (Lipinski definition) is 4. The molecule has 0 heterocycles. The van der Waals surface area contributed by atoms with Gasteiger partial charge < -0.3 is 19.9 Å². The van der Waals surface area contributed by atoms with E-state index in [1.54, 1.807) is 0 Å². The van der Waals surface area contributed by atoms with Crippen LogP contribution in [-0.4, -0.2) is 31.0 Å². The SMILES string of the molecule is CCCOc1ccc(CNC(C)C)c(OCCCO)c1. The van der Waals surface area contributed by atoms with Crippen LogP contribution in [0, 0.1) is 0 Å². The topological polar surface area (TPSA) is 50.7 Å². The molecule has 4 nitrogen and oxygen atoms in total. The van der Waals surface area contributed by atoms with Crippen LogP contribution in [-0.2, 0) is 6.54 Å². The Labute approximate surface area is 122 Å². The number of ether oxygens (including phenoxy) is 2. The summed E-state index contributed by atoms with van der Waals surface area (Å²) < 4.78 is 11.4. The fourth-order valence-electron chi connectivity index (χ4n) is 1.69. The van der Waals surface area contributed by atoms with Crippen molar-refractivity contribution in [3.05, 3.63) is 23.8 Å². The van der Waals surface area contributed by atoms with Crippen LogP contribution in [0.3, 0.4) is 0 Å². The molecule has 0 unspecified atom stereocenters. The zero-order valence-electron chi connectivity index (χ0n) is 12.8. The molecule has 0 radical (unpaired) electrons. The molecule has 0 saturated carbocycles. The highest BCUT2D eigenvalue weighted by atomic mass is 16.5. The molecule has 0 atom stereocenters. The van der Waals surface area contributed by atoms with Gasteiger partial charge in [0.1, 0.15) is 11.5 Å². The van der Waals surface area contributed by atoms with Crippen LogP contribution >= 0.6 is 0 Å². The summed E-state index contributed by atoms with van der Waals surface area (Å²) in [6, 6.07) is 6.38. The van der Waals surface area contributed by atoms with Crippen LogP contribution < -0.4 is 14.8 Å². The summed E-state index contributed by atoms with van der Waals surface area (Å²) in [5.41, 5.74) is 1.11. The summed E-state index contributed by atoms with van der Waals surface area (Å²) in [5, 5.41) is 12.2. The molecule has 0 bridgehead atoms. The van der Waals surface area contributed by atoms with Gasteiger partial charge >= 0.3 is 0 Å². The molecule has 114 valence electrons. The van der Waals surface area contributed by atoms with Gasteiger partial charge in [0.25, 0.3) is 0 Å². The predicted molar refractivity (Wildman–Crippen MR) is 81.4 cm³/mol. The van der Waals surface area contributed by atoms with Crippen molar-refractivity contribution in [2.45, 2.75) is 46.2 Å². The van der Waals surface area contributed by atoms with E-state index in [0.717, 1.165) is 30.0 Å². The van der Waals surface area contributed by atoms with Gasteiger partial charge in [0, 0.05) is 37.2 Å². The van der Waals surface area contributed by atoms with Crippen molar-refractivity contribution < 1.29 is 14.6 Å². The van der Waals surface area contributed by atoms with Crippen LogP contribution in [0.2, 0.25) is 0 Å². The van der Waals surface area contributed by atoms with Crippen LogP contribution in [0.1, 0.15) is 39.2 Å². The summed E-state index contributed by atoms with van der Waals surface area (Å²) in [5.74, 6) is 1.67. The molecule has 0 aliphatic carbocycles. The first-order chi connectivity index (χ1) is 9.67. The first kappa shape index (κ1) is 16.8. The zero-order chi connectivity index (χ0) is 14.8. The van der Waals surface area contributed by atoms with E-state index in [0.29, 0.717) is 25.7 Å². The minimum Gasteiger partial charge on any atom is -0.493 e. The number of hydrogen-bond donors (Lipinski definition) is 2. The van der Waals surface area contributed by atoms with Crippen molar-refractivity contribution in [1.29, 1.82) is 0 Å². The molecule has 1 aromatic carbocycles. The summed E-state index contributed by atoms with van der Waals surface area (Å²) in [6.45, 7) is 8.45. The number of aliphatic hydroxyl groups excluding tert-OH is 1. The standard InChI is InChI=1S/C16H27NO3/c1-4-9-19-15-7-6-14(12-17-13(2)3)16(11-15)20-10-5-8-18/h6-7,11,13,17-18H,4-5,8-10,12H2,1-3H3. The lowest BCUT2D eigenvalue weighted by Gasteiger charge is -2.15. The Morgan fingerprint density at radius 3 is 2.65 bits per heavy atom. The number of benzene rings is 1. The van der Waals surface area contributed by atoms with Crippen molar-refractivity contribution in [2.24, 2.45) is 0 Å². The third-order valence-corrected chi connectivity index (χ3v) is 2.77. The van der Waals surface area contributed by atoms with Crippen LogP contribution in [0.25, 0.3) is 0 Å². The van der Waals surface area contributed by atoms with Crippen molar-refractivity contribution >= 4 is 0 Å². The average molecular weight is 281 g/mol. The van der Waals surface area contributed by atoms with E-state index < -0.39 is 0 Å². The Bertz CT molecular complexity index is 380. The van der Waals surface area contributed by atoms with Crippen molar-refractivity contribution in [2.75, 3.05) is 19.8 Å². The maximum absolute atomic E-state index is 8.84. The summed E-state index contributed by atoms with van der Waals surface area (Å²) in [6.07, 6.45) is 1.62. The van der Waals surface area contributed by atoms with Crippen LogP contribution in [0.15, 0.2) is 18.2 Å². The molecular formula is C16H27NO3. The van der Waals surface area contributed by atoms with Crippen LogP contribution in [0.5, 0.6) is 11.5 Å². The molecule has 0 aliphatic heterocycles. The van der Waals surface area contributed by atoms with Gasteiger partial charge in [0.15, 0.2) is 0 Å². The molecular weight excluding hydrogens is 254 g/mol. The first-order valence-corrected chi connectivity index (χ1v) is 7.40. The van der Waals surface area contributed by atoms with Crippen molar-refractivity contribution in [3.8, 4) is 11.5 Å². The third kappa shape index (κ3) is 6.26. The average Bonchev–Trinajstić information content (AvgIpc) is 2.44. The molecule has 2 N–H and O–H groups in total. The quantitative estimate of drug-likeness (QED) is 0.648. The minimum absolute atomic E-state index is 0.144. The molecule has 0 spiro atoms. The van der Waals surface area contributed by atoms with E-state index in [-0.39, 0.29) is 6.61 Å². The molecule has 0 aliphatic rings. The molecule has 4 heteroatoms. The number of rotatable bonds is 10. The second-order valence-corrected chi connectivity index (χ2v) is 5.08. The van der Waals surface area contributed by atoms with Gasteiger partial charge in [-0.15, -0.1) is 0 Å². The maximum Gasteiger partial charge on any atom is 0.127 e. The summed E-state index contributed by atoms with van der Waals surface area (Å²) >= 11 is 0. The highest BCUT2D eigenvalue weighted by Crippen LogP contribution is 2.25. The largest absolute Gasteiger partial charge is 0.493 e. The van der Waals surface area contributed by atoms with Gasteiger partial charge in [-0.1, -0.05) is 26.8 Å². The molecule has 0 aromatic heterocycles. The lowest BCUT2D eigenvalue weighted by atomic mass is 10.1. The lowest BCUT2D eigenvalue weighted by Crippen LogP contribution is -2.22. The van der Waals surface area contributed by atoms with Gasteiger partial charge in [0.2, 0.25) is 0 Å². The molecule has 0 amide bonds. The lowest BCUT2D eigenvalue weighted by molar-refractivity contribution is 0.231. The summed E-state index contributed by atoms with van der Waals surface area (Å²) in [4.78, 5) is 0. The summed E-state index contributed by atoms with van der Waals surface area (Å²) in [7, 11) is 0. The van der Waals surface area contributed by atoms with Gasteiger partial charge in [-0.2, -0.15) is 0 Å². The fourth-order valence-corrected chi connectivity index (χ4v) is 1.69. The van der Waals surface area contributed by atoms with E-state index in [1.807, 2.05) is 18.2 Å². The molecule has 20 heavy (non-hydrogen) atoms. The zero-order valence-corrected chi connectivity index (χ0v) is 12.8. The molecule has 1 aromatic rings. The monoisotopic (exact) mass is 281 g/mol. The highest BCUT2D eigenvalue weighted by molar-refractivity contribution is 5.40. The third-order valence-electron chi connectivity index (χ3n) is 2.77. The van der Waals surface area contributed by atoms with E-state index in [9.17, 15) is 0 Å². The van der Waals surface area contributed by atoms with E-state index in [1.165, 1.54) is 0 Å². The predicted octanol–water partition coefficient (Wildman–Crippen LogP) is 2.73. The second kappa shape index (κ2) is 9.61. The van der Waals surface area contributed by atoms with Gasteiger partial charge in [-0.3, -0.25) is 0 Å². The van der Waals surface area contributed by atoms with Gasteiger partial charge in [0.05, 0.1) is 13.2 Å². The van der Waals surface area contributed by atoms with Crippen molar-refractivity contribution in [1.82, 2.24) is 5.32 Å². The normalized spacial score (nSPS) is 10.8. The number of aliphatic hydroxyl groups is 1. The van der Waals surface area contributed by atoms with E-state index >= 15 is 0 Å². The van der Waals surface area contributed by atoms with E-state index in [2.05, 4.69) is 26.1 Å². The smallest absolute Gasteiger partial charge is 0.127 e. The van der Waals surface area contributed by atoms with Gasteiger partial charge in [-0.25, -0.2) is 0 Å². The molecule has 0 fully saturated rings. The number of nitrogens with one attached hydrogen (secondary N) is 1. The van der Waals surface area contributed by atoms with Crippen LogP contribution in [0.4, 0.5) is 0 Å². The van der Waals surface area contributed by atoms with Gasteiger partial charge in [-0.05, 0) is 12.5 Å². The molecule has 1 rings (SSSR count). The maximum atomic E-state index is 8.84. The second-order valence-electron chi connectivity index (χ2n) is 5.08. The Morgan fingerprint density at radius 1 is 1.20 bits per heavy atom. The Kier molecular flexibility index (Phi) is 8.07. The Morgan fingerprint density at radius 2 is 2.00 bits per heavy atom. The van der Waals surface area contributed by atoms with Crippen molar-refractivity contribution in [3.63, 3.8) is 0 Å². The fraction of sp³-hybridized carbons (Fsp3) is 0.625. The first-order valence-electron chi connectivity index (χ1n) is 7.40. The molecule has 0 saturated heterocycles. The minimum atomic E-state index is 0.144. The highest BCUT2D eigenvalue weighted by Gasteiger charge is 2.07. The Hall–Kier alpha value is -1.26. The van der Waals surface area contributed by atoms with E-state index in [4.69, 9.17) is 14.6 Å². The Balaban J connectivity index is 2.73.